The lowest BCUT2D eigenvalue weighted by molar-refractivity contribution is 0.475. The molecule has 19 heavy (non-hydrogen) atoms. The molecule has 0 saturated heterocycles. The lowest BCUT2D eigenvalue weighted by Crippen LogP contribution is -1.86. The summed E-state index contributed by atoms with van der Waals surface area (Å²) in [7, 11) is 0. The Hall–Kier alpha value is -0.630. The number of hydrogen-bond acceptors (Lipinski definition) is 2. The van der Waals surface area contributed by atoms with E-state index in [1.165, 1.54) is 62.7 Å². The maximum Gasteiger partial charge on any atom is 0.115 e. The van der Waals surface area contributed by atoms with Crippen molar-refractivity contribution in [3.63, 3.8) is 0 Å². The fraction of sp³-hybridized carbons (Fsp3) is 0.647. The molecule has 108 valence electrons. The second-order valence-electron chi connectivity index (χ2n) is 5.24. The Kier molecular flexibility index (Phi) is 9.70. The lowest BCUT2D eigenvalue weighted by atomic mass is 10.0. The maximum absolute atomic E-state index is 9.20. The van der Waals surface area contributed by atoms with Crippen molar-refractivity contribution in [3.8, 4) is 5.75 Å². The van der Waals surface area contributed by atoms with Crippen LogP contribution in [0.5, 0.6) is 5.75 Å². The largest absolute Gasteiger partial charge is 0.508 e. The minimum Gasteiger partial charge on any atom is -0.508 e. The molecule has 1 N–H and O–H groups in total. The zero-order chi connectivity index (χ0) is 13.8. The van der Waals surface area contributed by atoms with Crippen molar-refractivity contribution in [2.75, 3.05) is 12.0 Å². The number of rotatable bonds is 11. The predicted molar refractivity (Wildman–Crippen MR) is 87.1 cm³/mol. The van der Waals surface area contributed by atoms with Crippen LogP contribution in [0.1, 0.15) is 56.9 Å². The molecule has 0 heterocycles. The Morgan fingerprint density at radius 1 is 0.789 bits per heavy atom. The molecule has 1 aromatic rings. The third-order valence-corrected chi connectivity index (χ3v) is 4.20. The number of thioether (sulfide) groups is 1. The zero-order valence-electron chi connectivity index (χ0n) is 12.2. The van der Waals surface area contributed by atoms with Crippen LogP contribution in [-0.4, -0.2) is 17.1 Å². The SMILES string of the molecule is CSCCCCCCCCCCc1ccc(O)cc1. The van der Waals surface area contributed by atoms with Crippen LogP contribution in [0.4, 0.5) is 0 Å². The van der Waals surface area contributed by atoms with Gasteiger partial charge in [-0.1, -0.05) is 50.7 Å². The van der Waals surface area contributed by atoms with E-state index in [0.717, 1.165) is 6.42 Å². The molecule has 0 aliphatic rings. The summed E-state index contributed by atoms with van der Waals surface area (Å²) in [6, 6.07) is 7.62. The van der Waals surface area contributed by atoms with Gasteiger partial charge in [0, 0.05) is 0 Å². The summed E-state index contributed by atoms with van der Waals surface area (Å²) in [6.07, 6.45) is 14.4. The number of aryl methyl sites for hydroxylation is 1. The van der Waals surface area contributed by atoms with Crippen LogP contribution in [0.2, 0.25) is 0 Å². The average molecular weight is 280 g/mol. The van der Waals surface area contributed by atoms with Crippen LogP contribution in [0.3, 0.4) is 0 Å². The Labute approximate surface area is 122 Å². The van der Waals surface area contributed by atoms with E-state index in [9.17, 15) is 5.11 Å². The number of aromatic hydroxyl groups is 1. The minimum atomic E-state index is 0.366. The molecule has 0 unspecified atom stereocenters. The fourth-order valence-electron chi connectivity index (χ4n) is 2.30. The summed E-state index contributed by atoms with van der Waals surface area (Å²) >= 11 is 1.96. The van der Waals surface area contributed by atoms with Crippen LogP contribution in [0.15, 0.2) is 24.3 Å². The van der Waals surface area contributed by atoms with Crippen LogP contribution in [-0.2, 0) is 6.42 Å². The first kappa shape index (κ1) is 16.4. The fourth-order valence-corrected chi connectivity index (χ4v) is 2.79. The van der Waals surface area contributed by atoms with Gasteiger partial charge in [0.1, 0.15) is 5.75 Å². The summed E-state index contributed by atoms with van der Waals surface area (Å²) < 4.78 is 0. The molecule has 1 nitrogen and oxygen atoms in total. The average Bonchev–Trinajstić information content (AvgIpc) is 2.43. The lowest BCUT2D eigenvalue weighted by Gasteiger charge is -2.03. The zero-order valence-corrected chi connectivity index (χ0v) is 13.1. The van der Waals surface area contributed by atoms with Gasteiger partial charge in [-0.3, -0.25) is 0 Å². The van der Waals surface area contributed by atoms with Crippen LogP contribution >= 0.6 is 11.8 Å². The highest BCUT2D eigenvalue weighted by molar-refractivity contribution is 7.98. The van der Waals surface area contributed by atoms with Crippen molar-refractivity contribution in [1.82, 2.24) is 0 Å². The minimum absolute atomic E-state index is 0.366. The van der Waals surface area contributed by atoms with Gasteiger partial charge in [0.25, 0.3) is 0 Å². The van der Waals surface area contributed by atoms with Gasteiger partial charge >= 0.3 is 0 Å². The summed E-state index contributed by atoms with van der Waals surface area (Å²) in [5, 5.41) is 9.20. The van der Waals surface area contributed by atoms with Crippen LogP contribution < -0.4 is 0 Å². The highest BCUT2D eigenvalue weighted by Gasteiger charge is 1.95. The first-order valence-electron chi connectivity index (χ1n) is 7.60. The summed E-state index contributed by atoms with van der Waals surface area (Å²) in [5.74, 6) is 1.69. The van der Waals surface area contributed by atoms with E-state index in [1.807, 2.05) is 23.9 Å². The van der Waals surface area contributed by atoms with Gasteiger partial charge in [0.05, 0.1) is 0 Å². The number of phenolic OH excluding ortho intramolecular Hbond substituents is 1. The summed E-state index contributed by atoms with van der Waals surface area (Å²) in [6.45, 7) is 0. The highest BCUT2D eigenvalue weighted by atomic mass is 32.2. The van der Waals surface area contributed by atoms with Crippen molar-refractivity contribution >= 4 is 11.8 Å². The number of phenols is 1. The van der Waals surface area contributed by atoms with Crippen molar-refractivity contribution in [2.45, 2.75) is 57.8 Å². The van der Waals surface area contributed by atoms with Gasteiger partial charge in [-0.25, -0.2) is 0 Å². The van der Waals surface area contributed by atoms with E-state index in [-0.39, 0.29) is 0 Å². The first-order valence-corrected chi connectivity index (χ1v) is 8.99. The van der Waals surface area contributed by atoms with Gasteiger partial charge < -0.3 is 5.11 Å². The smallest absolute Gasteiger partial charge is 0.115 e. The van der Waals surface area contributed by atoms with Crippen molar-refractivity contribution in [1.29, 1.82) is 0 Å². The van der Waals surface area contributed by atoms with E-state index >= 15 is 0 Å². The van der Waals surface area contributed by atoms with E-state index in [4.69, 9.17) is 0 Å². The molecular formula is C17H28OS. The quantitative estimate of drug-likeness (QED) is 0.546. The first-order chi connectivity index (χ1) is 9.33. The summed E-state index contributed by atoms with van der Waals surface area (Å²) in [4.78, 5) is 0. The molecule has 1 aromatic carbocycles. The third kappa shape index (κ3) is 8.99. The van der Waals surface area contributed by atoms with Crippen LogP contribution in [0, 0.1) is 0 Å². The van der Waals surface area contributed by atoms with Crippen molar-refractivity contribution < 1.29 is 5.11 Å². The van der Waals surface area contributed by atoms with E-state index in [2.05, 4.69) is 6.26 Å². The maximum atomic E-state index is 9.20. The number of hydrogen-bond donors (Lipinski definition) is 1. The molecule has 1 rings (SSSR count). The van der Waals surface area contributed by atoms with Crippen LogP contribution in [0.25, 0.3) is 0 Å². The van der Waals surface area contributed by atoms with Gasteiger partial charge in [0.15, 0.2) is 0 Å². The Balaban J connectivity index is 1.87. The molecule has 0 aliphatic carbocycles. The van der Waals surface area contributed by atoms with Gasteiger partial charge in [-0.15, -0.1) is 0 Å². The number of unbranched alkanes of at least 4 members (excludes halogenated alkanes) is 7. The predicted octanol–water partition coefficient (Wildman–Crippen LogP) is 5.42. The third-order valence-electron chi connectivity index (χ3n) is 3.50. The Bertz CT molecular complexity index is 308. The molecule has 0 radical (unpaired) electrons. The Morgan fingerprint density at radius 2 is 1.32 bits per heavy atom. The molecule has 0 spiro atoms. The topological polar surface area (TPSA) is 20.2 Å². The second-order valence-corrected chi connectivity index (χ2v) is 6.22. The molecule has 0 fully saturated rings. The normalized spacial score (nSPS) is 10.8. The number of benzene rings is 1. The van der Waals surface area contributed by atoms with Gasteiger partial charge in [0.2, 0.25) is 0 Å². The van der Waals surface area contributed by atoms with Crippen molar-refractivity contribution in [2.24, 2.45) is 0 Å². The standard InChI is InChI=1S/C17H28OS/c1-19-15-9-7-5-3-2-4-6-8-10-16-11-13-17(18)14-12-16/h11-14,18H,2-10,15H2,1H3. The van der Waals surface area contributed by atoms with E-state index in [0.29, 0.717) is 5.75 Å². The molecule has 2 heteroatoms. The molecule has 0 atom stereocenters. The van der Waals surface area contributed by atoms with Gasteiger partial charge in [-0.05, 0) is 49.0 Å². The molecule has 0 aromatic heterocycles. The monoisotopic (exact) mass is 280 g/mol. The highest BCUT2D eigenvalue weighted by Crippen LogP contribution is 2.14. The second kappa shape index (κ2) is 11.2. The molecule has 0 bridgehead atoms. The molecule has 0 saturated carbocycles. The molecular weight excluding hydrogens is 252 g/mol. The van der Waals surface area contributed by atoms with E-state index in [1.54, 1.807) is 12.1 Å². The van der Waals surface area contributed by atoms with E-state index < -0.39 is 0 Å². The summed E-state index contributed by atoms with van der Waals surface area (Å²) in [5.41, 5.74) is 1.34. The Morgan fingerprint density at radius 3 is 1.89 bits per heavy atom. The molecule has 0 amide bonds. The molecule has 0 aliphatic heterocycles. The van der Waals surface area contributed by atoms with Crippen molar-refractivity contribution in [3.05, 3.63) is 29.8 Å². The van der Waals surface area contributed by atoms with Gasteiger partial charge in [-0.2, -0.15) is 11.8 Å².